The molecule has 134 valence electrons. The van der Waals surface area contributed by atoms with Crippen molar-refractivity contribution in [2.45, 2.75) is 31.8 Å². The summed E-state index contributed by atoms with van der Waals surface area (Å²) in [5.41, 5.74) is 7.40. The average Bonchev–Trinajstić information content (AvgIpc) is 2.93. The number of amides is 1. The van der Waals surface area contributed by atoms with E-state index >= 15 is 0 Å². The number of fused-ring (bicyclic) bond motifs is 1. The minimum atomic E-state index is 0. The fourth-order valence-corrected chi connectivity index (χ4v) is 4.43. The van der Waals surface area contributed by atoms with Crippen molar-refractivity contribution in [3.8, 4) is 0 Å². The van der Waals surface area contributed by atoms with Crippen LogP contribution in [0.15, 0.2) is 28.7 Å². The summed E-state index contributed by atoms with van der Waals surface area (Å²) in [6.45, 7) is 3.18. The van der Waals surface area contributed by atoms with Gasteiger partial charge in [-0.2, -0.15) is 0 Å². The number of nitrogens with zero attached hydrogens (tertiary/aromatic N) is 2. The van der Waals surface area contributed by atoms with Gasteiger partial charge in [0.05, 0.1) is 6.54 Å². The molecule has 3 atom stereocenters. The van der Waals surface area contributed by atoms with E-state index in [0.717, 1.165) is 29.5 Å². The quantitative estimate of drug-likeness (QED) is 0.821. The molecule has 1 aliphatic carbocycles. The molecule has 1 aromatic carbocycles. The highest BCUT2D eigenvalue weighted by Gasteiger charge is 2.39. The molecular weight excluding hydrogens is 390 g/mol. The van der Waals surface area contributed by atoms with Gasteiger partial charge in [0.1, 0.15) is 0 Å². The van der Waals surface area contributed by atoms with Gasteiger partial charge >= 0.3 is 0 Å². The Kier molecular flexibility index (Phi) is 7.10. The molecule has 2 fully saturated rings. The molecule has 0 aromatic heterocycles. The van der Waals surface area contributed by atoms with Gasteiger partial charge in [0, 0.05) is 37.2 Å². The van der Waals surface area contributed by atoms with Crippen LogP contribution in [0.4, 0.5) is 0 Å². The first kappa shape index (κ1) is 19.7. The second-order valence-corrected chi connectivity index (χ2v) is 7.91. The van der Waals surface area contributed by atoms with Crippen LogP contribution in [-0.2, 0) is 11.3 Å². The van der Waals surface area contributed by atoms with Gasteiger partial charge in [-0.05, 0) is 36.3 Å². The van der Waals surface area contributed by atoms with E-state index in [-0.39, 0.29) is 18.3 Å². The number of hydrogen-bond donors (Lipinski definition) is 1. The van der Waals surface area contributed by atoms with Crippen LogP contribution >= 0.6 is 28.3 Å². The maximum absolute atomic E-state index is 12.5. The molecule has 0 bridgehead atoms. The summed E-state index contributed by atoms with van der Waals surface area (Å²) in [5, 5.41) is 0. The third-order valence-corrected chi connectivity index (χ3v) is 6.15. The summed E-state index contributed by atoms with van der Waals surface area (Å²) in [4.78, 5) is 16.7. The second-order valence-electron chi connectivity index (χ2n) is 7.05. The summed E-state index contributed by atoms with van der Waals surface area (Å²) < 4.78 is 1.05. The molecule has 2 N–H and O–H groups in total. The van der Waals surface area contributed by atoms with Crippen molar-refractivity contribution < 1.29 is 4.79 Å². The Bertz CT molecular complexity index is 571. The number of benzene rings is 1. The highest BCUT2D eigenvalue weighted by atomic mass is 79.9. The summed E-state index contributed by atoms with van der Waals surface area (Å²) in [6, 6.07) is 8.39. The van der Waals surface area contributed by atoms with E-state index in [1.807, 2.05) is 30.1 Å². The molecule has 1 aromatic rings. The Balaban J connectivity index is 0.00000208. The normalized spacial score (nSPS) is 26.5. The van der Waals surface area contributed by atoms with Crippen molar-refractivity contribution >= 4 is 34.2 Å². The van der Waals surface area contributed by atoms with E-state index in [0.29, 0.717) is 31.0 Å². The van der Waals surface area contributed by atoms with E-state index in [1.54, 1.807) is 0 Å². The Morgan fingerprint density at radius 1 is 1.33 bits per heavy atom. The van der Waals surface area contributed by atoms with Crippen molar-refractivity contribution in [3.63, 3.8) is 0 Å². The van der Waals surface area contributed by atoms with Crippen LogP contribution in [-0.4, -0.2) is 48.4 Å². The minimum absolute atomic E-state index is 0. The predicted molar refractivity (Wildman–Crippen MR) is 103 cm³/mol. The highest BCUT2D eigenvalue weighted by Crippen LogP contribution is 2.35. The second kappa shape index (κ2) is 8.65. The molecule has 1 saturated carbocycles. The fourth-order valence-electron chi connectivity index (χ4n) is 4.02. The van der Waals surface area contributed by atoms with Crippen molar-refractivity contribution in [2.75, 3.05) is 26.7 Å². The van der Waals surface area contributed by atoms with Crippen LogP contribution in [0.25, 0.3) is 0 Å². The van der Waals surface area contributed by atoms with Crippen molar-refractivity contribution in [1.82, 2.24) is 9.80 Å². The molecule has 4 nitrogen and oxygen atoms in total. The molecule has 3 unspecified atom stereocenters. The van der Waals surface area contributed by atoms with Gasteiger partial charge in [0.25, 0.3) is 0 Å². The van der Waals surface area contributed by atoms with Gasteiger partial charge in [-0.25, -0.2) is 0 Å². The van der Waals surface area contributed by atoms with E-state index in [4.69, 9.17) is 5.73 Å². The van der Waals surface area contributed by atoms with Gasteiger partial charge in [-0.3, -0.25) is 9.69 Å². The first-order chi connectivity index (χ1) is 11.0. The number of nitrogens with two attached hydrogens (primary N) is 1. The predicted octanol–water partition coefficient (Wildman–Crippen LogP) is 2.89. The van der Waals surface area contributed by atoms with Gasteiger partial charge in [0.2, 0.25) is 5.91 Å². The zero-order valence-corrected chi connectivity index (χ0v) is 16.6. The molecule has 1 aliphatic heterocycles. The van der Waals surface area contributed by atoms with E-state index in [1.165, 1.54) is 12.8 Å². The van der Waals surface area contributed by atoms with E-state index in [2.05, 4.69) is 26.9 Å². The smallest absolute Gasteiger partial charge is 0.236 e. The van der Waals surface area contributed by atoms with Crippen molar-refractivity contribution in [1.29, 1.82) is 0 Å². The monoisotopic (exact) mass is 415 g/mol. The highest BCUT2D eigenvalue weighted by molar-refractivity contribution is 9.10. The molecule has 1 heterocycles. The Morgan fingerprint density at radius 2 is 2.08 bits per heavy atom. The third kappa shape index (κ3) is 4.51. The molecule has 2 aliphatic rings. The summed E-state index contributed by atoms with van der Waals surface area (Å²) in [5.74, 6) is 1.47. The maximum atomic E-state index is 12.5. The number of hydrogen-bond acceptors (Lipinski definition) is 3. The number of carbonyl (C=O) groups is 1. The van der Waals surface area contributed by atoms with Crippen molar-refractivity contribution in [2.24, 2.45) is 17.6 Å². The number of rotatable bonds is 4. The Morgan fingerprint density at radius 3 is 2.79 bits per heavy atom. The average molecular weight is 417 g/mol. The topological polar surface area (TPSA) is 49.6 Å². The van der Waals surface area contributed by atoms with Crippen LogP contribution in [0.2, 0.25) is 0 Å². The zero-order chi connectivity index (χ0) is 16.4. The van der Waals surface area contributed by atoms with Crippen molar-refractivity contribution in [3.05, 3.63) is 34.3 Å². The fraction of sp³-hybridized carbons (Fsp3) is 0.611. The van der Waals surface area contributed by atoms with Crippen LogP contribution in [0.5, 0.6) is 0 Å². The molecule has 1 saturated heterocycles. The van der Waals surface area contributed by atoms with Crippen LogP contribution in [0.3, 0.4) is 0 Å². The van der Waals surface area contributed by atoms with E-state index in [9.17, 15) is 4.79 Å². The van der Waals surface area contributed by atoms with Gasteiger partial charge in [0.15, 0.2) is 0 Å². The first-order valence-electron chi connectivity index (χ1n) is 8.50. The summed E-state index contributed by atoms with van der Waals surface area (Å²) >= 11 is 3.55. The third-order valence-electron chi connectivity index (χ3n) is 5.38. The molecule has 1 amide bonds. The standard InChI is InChI=1S/C18H26BrN3O.ClH/c1-21(9-14-5-2-3-7-16(14)19)18(23)12-22-10-13-6-4-8-17(20)15(13)11-22;/h2-3,5,7,13,15,17H,4,6,8-12,20H2,1H3;1H. The lowest BCUT2D eigenvalue weighted by atomic mass is 9.78. The molecule has 6 heteroatoms. The largest absolute Gasteiger partial charge is 0.340 e. The van der Waals surface area contributed by atoms with Crippen LogP contribution < -0.4 is 5.73 Å². The first-order valence-corrected chi connectivity index (χ1v) is 9.29. The molecular formula is C18H27BrClN3O. The lowest BCUT2D eigenvalue weighted by Gasteiger charge is -2.29. The van der Waals surface area contributed by atoms with Gasteiger partial charge in [-0.15, -0.1) is 12.4 Å². The van der Waals surface area contributed by atoms with E-state index < -0.39 is 0 Å². The summed E-state index contributed by atoms with van der Waals surface area (Å²) in [7, 11) is 1.89. The number of likely N-dealkylation sites (tertiary alicyclic amines) is 1. The Labute approximate surface area is 159 Å². The number of carbonyl (C=O) groups excluding carboxylic acids is 1. The minimum Gasteiger partial charge on any atom is -0.340 e. The SMILES string of the molecule is CN(Cc1ccccc1Br)C(=O)CN1CC2CCCC(N)C2C1.Cl. The maximum Gasteiger partial charge on any atom is 0.236 e. The van der Waals surface area contributed by atoms with Crippen LogP contribution in [0.1, 0.15) is 24.8 Å². The molecule has 0 spiro atoms. The molecule has 0 radical (unpaired) electrons. The van der Waals surface area contributed by atoms with Gasteiger partial charge in [-0.1, -0.05) is 40.5 Å². The number of halogens is 2. The van der Waals surface area contributed by atoms with Gasteiger partial charge < -0.3 is 10.6 Å². The number of likely N-dealkylation sites (N-methyl/N-ethyl adjacent to an activating group) is 1. The lowest BCUT2D eigenvalue weighted by Crippen LogP contribution is -2.39. The van der Waals surface area contributed by atoms with Crippen LogP contribution in [0, 0.1) is 11.8 Å². The summed E-state index contributed by atoms with van der Waals surface area (Å²) in [6.07, 6.45) is 3.66. The zero-order valence-electron chi connectivity index (χ0n) is 14.2. The molecule has 24 heavy (non-hydrogen) atoms. The Hall–Kier alpha value is -0.620. The lowest BCUT2D eigenvalue weighted by molar-refractivity contribution is -0.131. The molecule has 3 rings (SSSR count).